The Morgan fingerprint density at radius 1 is 1.19 bits per heavy atom. The van der Waals surface area contributed by atoms with Gasteiger partial charge >= 0.3 is 0 Å². The number of thiazole rings is 1. The topological polar surface area (TPSA) is 54.4 Å². The summed E-state index contributed by atoms with van der Waals surface area (Å²) in [6.45, 7) is 4.86. The third-order valence-electron chi connectivity index (χ3n) is 4.92. The Morgan fingerprint density at radius 3 is 2.67 bits per heavy atom. The zero-order valence-corrected chi connectivity index (χ0v) is 16.6. The van der Waals surface area contributed by atoms with Gasteiger partial charge < -0.3 is 9.64 Å². The predicted octanol–water partition coefficient (Wildman–Crippen LogP) is 3.24. The molecule has 6 nitrogen and oxygen atoms in total. The van der Waals surface area contributed by atoms with Gasteiger partial charge in [-0.1, -0.05) is 12.1 Å². The average Bonchev–Trinajstić information content (AvgIpc) is 3.05. The molecule has 0 amide bonds. The molecule has 2 aromatic heterocycles. The van der Waals surface area contributed by atoms with E-state index in [0.29, 0.717) is 6.04 Å². The Balaban J connectivity index is 1.37. The van der Waals surface area contributed by atoms with Crippen molar-refractivity contribution in [3.05, 3.63) is 52.5 Å². The van der Waals surface area contributed by atoms with E-state index in [1.807, 2.05) is 43.3 Å². The van der Waals surface area contributed by atoms with Gasteiger partial charge in [-0.25, -0.2) is 4.98 Å². The van der Waals surface area contributed by atoms with Crippen LogP contribution < -0.4 is 9.64 Å². The summed E-state index contributed by atoms with van der Waals surface area (Å²) in [4.78, 5) is 9.17. The molecule has 1 aliphatic heterocycles. The van der Waals surface area contributed by atoms with Crippen molar-refractivity contribution < 1.29 is 4.74 Å². The highest BCUT2D eigenvalue weighted by Crippen LogP contribution is 2.29. The van der Waals surface area contributed by atoms with E-state index < -0.39 is 0 Å². The van der Waals surface area contributed by atoms with Gasteiger partial charge in [0, 0.05) is 36.6 Å². The van der Waals surface area contributed by atoms with Crippen LogP contribution in [0.2, 0.25) is 0 Å². The minimum absolute atomic E-state index is 0.516. The van der Waals surface area contributed by atoms with E-state index >= 15 is 0 Å². The second kappa shape index (κ2) is 7.62. The molecular formula is C20H23N5OS. The SMILES string of the molecule is COc1ccccc1-c1ccc(N2CC(N(C)Cc3csc(C)n3)C2)nn1. The molecular weight excluding hydrogens is 358 g/mol. The Kier molecular flexibility index (Phi) is 5.05. The lowest BCUT2D eigenvalue weighted by Crippen LogP contribution is -2.58. The van der Waals surface area contributed by atoms with Gasteiger partial charge in [-0.05, 0) is 38.2 Å². The first kappa shape index (κ1) is 17.9. The monoisotopic (exact) mass is 381 g/mol. The van der Waals surface area contributed by atoms with Crippen LogP contribution >= 0.6 is 11.3 Å². The highest BCUT2D eigenvalue weighted by Gasteiger charge is 2.31. The van der Waals surface area contributed by atoms with Gasteiger partial charge in [0.1, 0.15) is 5.75 Å². The molecule has 4 rings (SSSR count). The lowest BCUT2D eigenvalue weighted by molar-refractivity contribution is 0.195. The second-order valence-corrected chi connectivity index (χ2v) is 7.87. The van der Waals surface area contributed by atoms with Gasteiger partial charge in [-0.2, -0.15) is 0 Å². The number of likely N-dealkylation sites (N-methyl/N-ethyl adjacent to an activating group) is 1. The van der Waals surface area contributed by atoms with Crippen LogP contribution in [-0.2, 0) is 6.54 Å². The molecule has 27 heavy (non-hydrogen) atoms. The maximum atomic E-state index is 5.41. The Morgan fingerprint density at radius 2 is 2.00 bits per heavy atom. The molecule has 1 aromatic carbocycles. The molecule has 0 aliphatic carbocycles. The summed E-state index contributed by atoms with van der Waals surface area (Å²) in [5, 5.41) is 12.1. The normalized spacial score (nSPS) is 14.4. The largest absolute Gasteiger partial charge is 0.496 e. The van der Waals surface area contributed by atoms with Crippen molar-refractivity contribution in [1.82, 2.24) is 20.1 Å². The van der Waals surface area contributed by atoms with E-state index in [-0.39, 0.29) is 0 Å². The van der Waals surface area contributed by atoms with Gasteiger partial charge in [0.25, 0.3) is 0 Å². The quantitative estimate of drug-likeness (QED) is 0.653. The number of aryl methyl sites for hydroxylation is 1. The minimum Gasteiger partial charge on any atom is -0.496 e. The van der Waals surface area contributed by atoms with E-state index in [2.05, 4.69) is 37.4 Å². The van der Waals surface area contributed by atoms with E-state index in [9.17, 15) is 0 Å². The number of hydrogen-bond donors (Lipinski definition) is 0. The van der Waals surface area contributed by atoms with Crippen LogP contribution in [0.4, 0.5) is 5.82 Å². The summed E-state index contributed by atoms with van der Waals surface area (Å²) in [6, 6.07) is 12.4. The fourth-order valence-electron chi connectivity index (χ4n) is 3.28. The van der Waals surface area contributed by atoms with Crippen LogP contribution in [-0.4, -0.2) is 53.4 Å². The molecule has 3 aromatic rings. The lowest BCUT2D eigenvalue weighted by atomic mass is 10.1. The van der Waals surface area contributed by atoms with E-state index in [4.69, 9.17) is 4.74 Å². The number of ether oxygens (including phenoxy) is 1. The Labute approximate surface area is 163 Å². The number of benzene rings is 1. The van der Waals surface area contributed by atoms with Gasteiger partial charge in [0.15, 0.2) is 5.82 Å². The van der Waals surface area contributed by atoms with E-state index in [1.54, 1.807) is 18.4 Å². The number of nitrogens with zero attached hydrogens (tertiary/aromatic N) is 5. The minimum atomic E-state index is 0.516. The van der Waals surface area contributed by atoms with E-state index in [0.717, 1.165) is 53.2 Å². The van der Waals surface area contributed by atoms with Crippen molar-refractivity contribution in [1.29, 1.82) is 0 Å². The summed E-state index contributed by atoms with van der Waals surface area (Å²) < 4.78 is 5.41. The van der Waals surface area contributed by atoms with Gasteiger partial charge in [-0.3, -0.25) is 4.90 Å². The number of anilines is 1. The summed E-state index contributed by atoms with van der Waals surface area (Å²) in [5.74, 6) is 1.73. The molecule has 0 unspecified atom stereocenters. The van der Waals surface area contributed by atoms with Gasteiger partial charge in [0.05, 0.1) is 23.5 Å². The Hall–Kier alpha value is -2.51. The molecule has 3 heterocycles. The Bertz CT molecular complexity index is 905. The van der Waals surface area contributed by atoms with Gasteiger partial charge in [0.2, 0.25) is 0 Å². The maximum absolute atomic E-state index is 5.41. The van der Waals surface area contributed by atoms with Crippen molar-refractivity contribution in [2.45, 2.75) is 19.5 Å². The van der Waals surface area contributed by atoms with Crippen LogP contribution in [0, 0.1) is 6.92 Å². The zero-order valence-electron chi connectivity index (χ0n) is 15.8. The molecule has 0 radical (unpaired) electrons. The number of methoxy groups -OCH3 is 1. The molecule has 0 N–H and O–H groups in total. The van der Waals surface area contributed by atoms with Crippen molar-refractivity contribution in [2.75, 3.05) is 32.1 Å². The van der Waals surface area contributed by atoms with Crippen LogP contribution in [0.5, 0.6) is 5.75 Å². The second-order valence-electron chi connectivity index (χ2n) is 6.81. The van der Waals surface area contributed by atoms with Crippen LogP contribution in [0.15, 0.2) is 41.8 Å². The molecule has 0 atom stereocenters. The number of para-hydroxylation sites is 1. The summed E-state index contributed by atoms with van der Waals surface area (Å²) >= 11 is 1.71. The molecule has 140 valence electrons. The summed E-state index contributed by atoms with van der Waals surface area (Å²) in [7, 11) is 3.83. The highest BCUT2D eigenvalue weighted by molar-refractivity contribution is 7.09. The smallest absolute Gasteiger partial charge is 0.151 e. The maximum Gasteiger partial charge on any atom is 0.151 e. The molecule has 7 heteroatoms. The van der Waals surface area contributed by atoms with Crippen LogP contribution in [0.3, 0.4) is 0 Å². The molecule has 1 fully saturated rings. The fraction of sp³-hybridized carbons (Fsp3) is 0.350. The number of rotatable bonds is 6. The van der Waals surface area contributed by atoms with Crippen molar-refractivity contribution in [3.8, 4) is 17.0 Å². The molecule has 0 bridgehead atoms. The summed E-state index contributed by atoms with van der Waals surface area (Å²) in [6.07, 6.45) is 0. The third-order valence-corrected chi connectivity index (χ3v) is 5.74. The average molecular weight is 382 g/mol. The van der Waals surface area contributed by atoms with E-state index in [1.165, 1.54) is 0 Å². The molecule has 0 spiro atoms. The summed E-state index contributed by atoms with van der Waals surface area (Å²) in [5.41, 5.74) is 2.93. The molecule has 1 saturated heterocycles. The number of aromatic nitrogens is 3. The predicted molar refractivity (Wildman–Crippen MR) is 108 cm³/mol. The zero-order chi connectivity index (χ0) is 18.8. The highest BCUT2D eigenvalue weighted by atomic mass is 32.1. The molecule has 0 saturated carbocycles. The first-order chi connectivity index (χ1) is 13.1. The first-order valence-electron chi connectivity index (χ1n) is 8.97. The van der Waals surface area contributed by atoms with Crippen LogP contribution in [0.1, 0.15) is 10.7 Å². The number of hydrogen-bond acceptors (Lipinski definition) is 7. The lowest BCUT2D eigenvalue weighted by Gasteiger charge is -2.44. The van der Waals surface area contributed by atoms with Gasteiger partial charge in [-0.15, -0.1) is 21.5 Å². The van der Waals surface area contributed by atoms with Crippen molar-refractivity contribution in [3.63, 3.8) is 0 Å². The third kappa shape index (κ3) is 3.79. The molecule has 1 aliphatic rings. The van der Waals surface area contributed by atoms with Crippen molar-refractivity contribution in [2.24, 2.45) is 0 Å². The van der Waals surface area contributed by atoms with Crippen molar-refractivity contribution >= 4 is 17.2 Å². The fourth-order valence-corrected chi connectivity index (χ4v) is 3.88. The van der Waals surface area contributed by atoms with Crippen LogP contribution in [0.25, 0.3) is 11.3 Å². The first-order valence-corrected chi connectivity index (χ1v) is 9.85. The standard InChI is InChI=1S/C20H23N5OS/c1-14-21-15(13-27-14)10-24(2)16-11-25(12-16)20-9-8-18(22-23-20)17-6-4-5-7-19(17)26-3/h4-9,13,16H,10-12H2,1-3H3.